The molecule has 9 nitrogen and oxygen atoms in total. The van der Waals surface area contributed by atoms with Gasteiger partial charge in [-0.2, -0.15) is 4.98 Å². The van der Waals surface area contributed by atoms with Crippen molar-refractivity contribution >= 4 is 22.5 Å². The van der Waals surface area contributed by atoms with Crippen molar-refractivity contribution in [2.24, 2.45) is 14.1 Å². The van der Waals surface area contributed by atoms with E-state index in [1.807, 2.05) is 24.4 Å². The van der Waals surface area contributed by atoms with E-state index in [0.29, 0.717) is 22.9 Å². The Morgan fingerprint density at radius 3 is 2.76 bits per heavy atom. The number of nitrogens with zero attached hydrogens (tertiary/aromatic N) is 6. The molecule has 0 saturated heterocycles. The van der Waals surface area contributed by atoms with Crippen molar-refractivity contribution in [2.75, 3.05) is 0 Å². The summed E-state index contributed by atoms with van der Waals surface area (Å²) in [4.78, 5) is 34.1. The second-order valence-electron chi connectivity index (χ2n) is 5.64. The fraction of sp³-hybridized carbons (Fsp3) is 0.267. The van der Waals surface area contributed by atoms with Gasteiger partial charge in [-0.3, -0.25) is 13.9 Å². The summed E-state index contributed by atoms with van der Waals surface area (Å²) < 4.78 is 9.40. The van der Waals surface area contributed by atoms with E-state index in [4.69, 9.17) is 4.52 Å². The number of thiophene rings is 1. The fourth-order valence-corrected chi connectivity index (χ4v) is 3.34. The maximum Gasteiger partial charge on any atom is 0.332 e. The molecular formula is C15H14N6O3S. The molecule has 0 aromatic carbocycles. The summed E-state index contributed by atoms with van der Waals surface area (Å²) in [6.07, 6.45) is 1.51. The lowest BCUT2D eigenvalue weighted by atomic mass is 10.3. The summed E-state index contributed by atoms with van der Waals surface area (Å²) in [6, 6.07) is 3.41. The van der Waals surface area contributed by atoms with Crippen molar-refractivity contribution in [3.05, 3.63) is 50.6 Å². The molecule has 4 rings (SSSR count). The van der Waals surface area contributed by atoms with Gasteiger partial charge < -0.3 is 9.09 Å². The molecule has 0 N–H and O–H groups in total. The minimum Gasteiger partial charge on any atom is -0.337 e. The maximum atomic E-state index is 12.5. The first kappa shape index (κ1) is 15.5. The lowest BCUT2D eigenvalue weighted by molar-refractivity contribution is 0.347. The third-order valence-electron chi connectivity index (χ3n) is 4.13. The highest BCUT2D eigenvalue weighted by Gasteiger charge is 2.22. The Balaban J connectivity index is 1.85. The zero-order valence-electron chi connectivity index (χ0n) is 13.7. The Labute approximate surface area is 144 Å². The average molecular weight is 358 g/mol. The van der Waals surface area contributed by atoms with Crippen LogP contribution in [-0.4, -0.2) is 28.8 Å². The van der Waals surface area contributed by atoms with Crippen LogP contribution in [0.2, 0.25) is 0 Å². The number of imidazole rings is 1. The largest absolute Gasteiger partial charge is 0.337 e. The molecule has 1 atom stereocenters. The summed E-state index contributed by atoms with van der Waals surface area (Å²) in [7, 11) is 3.02. The highest BCUT2D eigenvalue weighted by molar-refractivity contribution is 7.13. The number of rotatable bonds is 3. The van der Waals surface area contributed by atoms with E-state index in [1.54, 1.807) is 11.6 Å². The van der Waals surface area contributed by atoms with Crippen LogP contribution in [0.4, 0.5) is 0 Å². The second-order valence-corrected chi connectivity index (χ2v) is 6.59. The van der Waals surface area contributed by atoms with Gasteiger partial charge in [-0.1, -0.05) is 11.2 Å². The Morgan fingerprint density at radius 2 is 2.04 bits per heavy atom. The molecule has 4 heterocycles. The Hall–Kier alpha value is -3.01. The van der Waals surface area contributed by atoms with Crippen LogP contribution in [-0.2, 0) is 14.1 Å². The van der Waals surface area contributed by atoms with Crippen molar-refractivity contribution < 1.29 is 4.52 Å². The van der Waals surface area contributed by atoms with Gasteiger partial charge in [0.1, 0.15) is 6.04 Å². The maximum absolute atomic E-state index is 12.5. The highest BCUT2D eigenvalue weighted by atomic mass is 32.1. The molecule has 0 saturated carbocycles. The smallest absolute Gasteiger partial charge is 0.332 e. The highest BCUT2D eigenvalue weighted by Crippen LogP contribution is 2.25. The number of hydrogen-bond donors (Lipinski definition) is 0. The molecule has 0 amide bonds. The van der Waals surface area contributed by atoms with Crippen LogP contribution in [0.25, 0.3) is 21.9 Å². The molecule has 0 spiro atoms. The Bertz CT molecular complexity index is 1180. The molecule has 0 fully saturated rings. The first-order valence-electron chi connectivity index (χ1n) is 7.49. The number of hydrogen-bond acceptors (Lipinski definition) is 7. The van der Waals surface area contributed by atoms with E-state index >= 15 is 0 Å². The van der Waals surface area contributed by atoms with E-state index in [1.165, 1.54) is 29.3 Å². The molecule has 0 aliphatic carbocycles. The summed E-state index contributed by atoms with van der Waals surface area (Å²) >= 11 is 1.51. The summed E-state index contributed by atoms with van der Waals surface area (Å²) in [6.45, 7) is 1.83. The molecule has 0 radical (unpaired) electrons. The minimum atomic E-state index is -0.423. The minimum absolute atomic E-state index is 0.313. The molecule has 0 bridgehead atoms. The topological polar surface area (TPSA) is 101 Å². The van der Waals surface area contributed by atoms with Gasteiger partial charge in [-0.15, -0.1) is 11.3 Å². The molecule has 25 heavy (non-hydrogen) atoms. The molecule has 0 aliphatic rings. The lowest BCUT2D eigenvalue weighted by Crippen LogP contribution is -2.37. The van der Waals surface area contributed by atoms with Gasteiger partial charge in [0, 0.05) is 14.1 Å². The van der Waals surface area contributed by atoms with Gasteiger partial charge in [-0.25, -0.2) is 9.78 Å². The lowest BCUT2D eigenvalue weighted by Gasteiger charge is -2.10. The van der Waals surface area contributed by atoms with Crippen molar-refractivity contribution in [3.8, 4) is 10.7 Å². The van der Waals surface area contributed by atoms with E-state index in [2.05, 4.69) is 15.1 Å². The first-order chi connectivity index (χ1) is 12.0. The van der Waals surface area contributed by atoms with Gasteiger partial charge >= 0.3 is 5.69 Å². The fourth-order valence-electron chi connectivity index (χ4n) is 2.69. The van der Waals surface area contributed by atoms with Crippen molar-refractivity contribution in [3.63, 3.8) is 0 Å². The second kappa shape index (κ2) is 5.52. The van der Waals surface area contributed by atoms with Gasteiger partial charge in [0.25, 0.3) is 5.56 Å². The molecule has 1 unspecified atom stereocenters. The quantitative estimate of drug-likeness (QED) is 0.545. The molecule has 128 valence electrons. The van der Waals surface area contributed by atoms with E-state index in [9.17, 15) is 9.59 Å². The van der Waals surface area contributed by atoms with Crippen LogP contribution in [0.15, 0.2) is 38.0 Å². The molecular weight excluding hydrogens is 344 g/mol. The van der Waals surface area contributed by atoms with Crippen LogP contribution in [0, 0.1) is 0 Å². The Morgan fingerprint density at radius 1 is 1.24 bits per heavy atom. The van der Waals surface area contributed by atoms with Gasteiger partial charge in [0.2, 0.25) is 11.7 Å². The normalized spacial score (nSPS) is 12.8. The zero-order valence-corrected chi connectivity index (χ0v) is 14.5. The van der Waals surface area contributed by atoms with Crippen molar-refractivity contribution in [2.45, 2.75) is 13.0 Å². The summed E-state index contributed by atoms with van der Waals surface area (Å²) in [5, 5.41) is 5.93. The van der Waals surface area contributed by atoms with Crippen LogP contribution >= 0.6 is 11.3 Å². The zero-order chi connectivity index (χ0) is 17.7. The van der Waals surface area contributed by atoms with Gasteiger partial charge in [0.05, 0.1) is 11.2 Å². The van der Waals surface area contributed by atoms with Gasteiger partial charge in [-0.05, 0) is 18.4 Å². The van der Waals surface area contributed by atoms with Gasteiger partial charge in [0.15, 0.2) is 11.2 Å². The van der Waals surface area contributed by atoms with Crippen LogP contribution < -0.4 is 11.2 Å². The molecule has 10 heteroatoms. The van der Waals surface area contributed by atoms with Crippen LogP contribution in [0.3, 0.4) is 0 Å². The van der Waals surface area contributed by atoms with Crippen molar-refractivity contribution in [1.29, 1.82) is 0 Å². The predicted octanol–water partition coefficient (Wildman–Crippen LogP) is 1.15. The van der Waals surface area contributed by atoms with Crippen LogP contribution in [0.5, 0.6) is 0 Å². The standard InChI is InChI=1S/C15H14N6O3S/c1-8(13-17-11(18-24-13)9-5-4-6-25-9)21-7-16-12-10(21)14(22)20(3)15(23)19(12)2/h4-8H,1-3H3. The van der Waals surface area contributed by atoms with Crippen molar-refractivity contribution in [1.82, 2.24) is 28.8 Å². The molecule has 4 aromatic rings. The number of aryl methyl sites for hydroxylation is 1. The predicted molar refractivity (Wildman–Crippen MR) is 91.6 cm³/mol. The molecule has 4 aromatic heterocycles. The molecule has 0 aliphatic heterocycles. The Kier molecular flexibility index (Phi) is 3.42. The third-order valence-corrected chi connectivity index (χ3v) is 5.00. The summed E-state index contributed by atoms with van der Waals surface area (Å²) in [5.41, 5.74) is -0.209. The third kappa shape index (κ3) is 2.25. The van der Waals surface area contributed by atoms with E-state index < -0.39 is 17.3 Å². The summed E-state index contributed by atoms with van der Waals surface area (Å²) in [5.74, 6) is 0.861. The SMILES string of the molecule is CC(c1nc(-c2cccs2)no1)n1cnc2c1c(=O)n(C)c(=O)n2C. The average Bonchev–Trinajstić information content (AvgIpc) is 3.36. The monoisotopic (exact) mass is 358 g/mol. The van der Waals surface area contributed by atoms with E-state index in [-0.39, 0.29) is 0 Å². The first-order valence-corrected chi connectivity index (χ1v) is 8.37. The van der Waals surface area contributed by atoms with E-state index in [0.717, 1.165) is 9.44 Å². The number of aromatic nitrogens is 6. The number of fused-ring (bicyclic) bond motifs is 1. The van der Waals surface area contributed by atoms with Crippen LogP contribution in [0.1, 0.15) is 18.9 Å².